The Labute approximate surface area is 142 Å². The summed E-state index contributed by atoms with van der Waals surface area (Å²) in [5.41, 5.74) is 1.05. The molecule has 0 N–H and O–H groups in total. The van der Waals surface area contributed by atoms with Crippen molar-refractivity contribution in [1.82, 2.24) is 4.90 Å². The molecule has 0 saturated heterocycles. The summed E-state index contributed by atoms with van der Waals surface area (Å²) in [6.45, 7) is 1.39. The third-order valence-corrected chi connectivity index (χ3v) is 3.85. The van der Waals surface area contributed by atoms with Gasteiger partial charge in [0.1, 0.15) is 5.75 Å². The minimum Gasteiger partial charge on any atom is -0.494 e. The number of halogens is 1. The van der Waals surface area contributed by atoms with Crippen LogP contribution in [-0.2, 0) is 11.2 Å². The Morgan fingerprint density at radius 1 is 1.04 bits per heavy atom. The highest BCUT2D eigenvalue weighted by molar-refractivity contribution is 6.30. The topological polar surface area (TPSA) is 29.5 Å². The number of carbonyl (C=O) groups excluding carboxylic acids is 1. The Bertz CT molecular complexity index is 599. The molecule has 4 heteroatoms. The molecule has 0 spiro atoms. The van der Waals surface area contributed by atoms with Gasteiger partial charge in [-0.2, -0.15) is 0 Å². The quantitative estimate of drug-likeness (QED) is 0.678. The molecule has 0 atom stereocenters. The van der Waals surface area contributed by atoms with Crippen LogP contribution in [0.1, 0.15) is 18.4 Å². The Kier molecular flexibility index (Phi) is 6.95. The fraction of sp³-hybridized carbons (Fsp3) is 0.316. The lowest BCUT2D eigenvalue weighted by Crippen LogP contribution is -2.29. The molecule has 0 radical (unpaired) electrons. The van der Waals surface area contributed by atoms with Crippen molar-refractivity contribution in [2.24, 2.45) is 0 Å². The van der Waals surface area contributed by atoms with Crippen molar-refractivity contribution in [2.45, 2.75) is 19.3 Å². The minimum absolute atomic E-state index is 0.148. The molecule has 0 bridgehead atoms. The van der Waals surface area contributed by atoms with Crippen LogP contribution in [0.2, 0.25) is 5.02 Å². The third-order valence-electron chi connectivity index (χ3n) is 3.59. The molecule has 0 aliphatic rings. The summed E-state index contributed by atoms with van der Waals surface area (Å²) in [6, 6.07) is 17.2. The number of unbranched alkanes of at least 4 members (excludes halogenated alkanes) is 1. The van der Waals surface area contributed by atoms with Gasteiger partial charge in [0.15, 0.2) is 0 Å². The van der Waals surface area contributed by atoms with Gasteiger partial charge in [-0.3, -0.25) is 4.79 Å². The summed E-state index contributed by atoms with van der Waals surface area (Å²) in [6.07, 6.45) is 2.29. The maximum Gasteiger partial charge on any atom is 0.226 e. The molecule has 0 saturated carbocycles. The molecule has 2 aromatic rings. The highest BCUT2D eigenvalue weighted by Crippen LogP contribution is 2.15. The van der Waals surface area contributed by atoms with Gasteiger partial charge in [-0.05, 0) is 42.7 Å². The number of hydrogen-bond acceptors (Lipinski definition) is 2. The highest BCUT2D eigenvalue weighted by atomic mass is 35.5. The van der Waals surface area contributed by atoms with Crippen LogP contribution in [0.5, 0.6) is 5.75 Å². The summed E-state index contributed by atoms with van der Waals surface area (Å²) in [5.74, 6) is 0.970. The monoisotopic (exact) mass is 331 g/mol. The van der Waals surface area contributed by atoms with E-state index >= 15 is 0 Å². The SMILES string of the molecule is CN(CCCCOc1ccc(Cl)cc1)C(=O)Cc1ccccc1. The number of ether oxygens (including phenoxy) is 1. The Hall–Kier alpha value is -2.00. The van der Waals surface area contributed by atoms with E-state index in [-0.39, 0.29) is 5.91 Å². The van der Waals surface area contributed by atoms with Crippen LogP contribution in [-0.4, -0.2) is 31.0 Å². The van der Waals surface area contributed by atoms with Gasteiger partial charge in [-0.15, -0.1) is 0 Å². The number of benzene rings is 2. The lowest BCUT2D eigenvalue weighted by atomic mass is 10.1. The highest BCUT2D eigenvalue weighted by Gasteiger charge is 2.08. The van der Waals surface area contributed by atoms with Gasteiger partial charge < -0.3 is 9.64 Å². The van der Waals surface area contributed by atoms with E-state index in [9.17, 15) is 4.79 Å². The van der Waals surface area contributed by atoms with Crippen LogP contribution in [0, 0.1) is 0 Å². The van der Waals surface area contributed by atoms with Crippen molar-refractivity contribution in [3.8, 4) is 5.75 Å². The van der Waals surface area contributed by atoms with Crippen LogP contribution in [0.25, 0.3) is 0 Å². The van der Waals surface area contributed by atoms with Gasteiger partial charge in [0.05, 0.1) is 13.0 Å². The van der Waals surface area contributed by atoms with E-state index in [4.69, 9.17) is 16.3 Å². The van der Waals surface area contributed by atoms with E-state index in [0.29, 0.717) is 18.1 Å². The van der Waals surface area contributed by atoms with Crippen molar-refractivity contribution < 1.29 is 9.53 Å². The Balaban J connectivity index is 1.61. The zero-order valence-electron chi connectivity index (χ0n) is 13.4. The van der Waals surface area contributed by atoms with Crippen LogP contribution in [0.15, 0.2) is 54.6 Å². The molecule has 122 valence electrons. The molecular weight excluding hydrogens is 310 g/mol. The molecule has 2 rings (SSSR count). The van der Waals surface area contributed by atoms with Gasteiger partial charge in [0, 0.05) is 18.6 Å². The van der Waals surface area contributed by atoms with Crippen molar-refractivity contribution in [3.63, 3.8) is 0 Å². The number of hydrogen-bond donors (Lipinski definition) is 0. The summed E-state index contributed by atoms with van der Waals surface area (Å²) >= 11 is 5.82. The maximum absolute atomic E-state index is 12.1. The normalized spacial score (nSPS) is 10.3. The van der Waals surface area contributed by atoms with E-state index in [0.717, 1.165) is 30.7 Å². The van der Waals surface area contributed by atoms with Gasteiger partial charge >= 0.3 is 0 Å². The fourth-order valence-electron chi connectivity index (χ4n) is 2.20. The van der Waals surface area contributed by atoms with Crippen LogP contribution >= 0.6 is 11.6 Å². The predicted octanol–water partition coefficient (Wildman–Crippen LogP) is 4.20. The Morgan fingerprint density at radius 2 is 1.74 bits per heavy atom. The maximum atomic E-state index is 12.1. The number of nitrogens with zero attached hydrogens (tertiary/aromatic N) is 1. The first-order valence-electron chi connectivity index (χ1n) is 7.81. The van der Waals surface area contributed by atoms with Gasteiger partial charge in [-0.25, -0.2) is 0 Å². The number of rotatable bonds is 8. The minimum atomic E-state index is 0.148. The molecule has 0 aliphatic carbocycles. The van der Waals surface area contributed by atoms with Crippen molar-refractivity contribution >= 4 is 17.5 Å². The average Bonchev–Trinajstić information content (AvgIpc) is 2.57. The molecular formula is C19H22ClNO2. The van der Waals surface area contributed by atoms with Crippen LogP contribution in [0.3, 0.4) is 0 Å². The molecule has 23 heavy (non-hydrogen) atoms. The summed E-state index contributed by atoms with van der Waals surface area (Å²) < 4.78 is 5.64. The molecule has 1 amide bonds. The van der Waals surface area contributed by atoms with Crippen molar-refractivity contribution in [1.29, 1.82) is 0 Å². The molecule has 2 aromatic carbocycles. The van der Waals surface area contributed by atoms with Gasteiger partial charge in [0.25, 0.3) is 0 Å². The second-order valence-corrected chi connectivity index (χ2v) is 5.92. The van der Waals surface area contributed by atoms with E-state index in [1.54, 1.807) is 4.90 Å². The standard InChI is InChI=1S/C19H22ClNO2/c1-21(19(22)15-16-7-3-2-4-8-16)13-5-6-14-23-18-11-9-17(20)10-12-18/h2-4,7-12H,5-6,13-15H2,1H3. The molecule has 0 heterocycles. The molecule has 0 unspecified atom stereocenters. The third kappa shape index (κ3) is 6.33. The van der Waals surface area contributed by atoms with Gasteiger partial charge in [-0.1, -0.05) is 41.9 Å². The molecule has 0 aromatic heterocycles. The van der Waals surface area contributed by atoms with Crippen LogP contribution in [0.4, 0.5) is 0 Å². The van der Waals surface area contributed by atoms with Gasteiger partial charge in [0.2, 0.25) is 5.91 Å². The smallest absolute Gasteiger partial charge is 0.226 e. The largest absolute Gasteiger partial charge is 0.494 e. The number of amides is 1. The van der Waals surface area contributed by atoms with E-state index in [1.165, 1.54) is 0 Å². The van der Waals surface area contributed by atoms with Crippen molar-refractivity contribution in [3.05, 3.63) is 65.2 Å². The zero-order valence-corrected chi connectivity index (χ0v) is 14.1. The molecule has 0 fully saturated rings. The zero-order chi connectivity index (χ0) is 16.5. The average molecular weight is 332 g/mol. The molecule has 0 aliphatic heterocycles. The first kappa shape index (κ1) is 17.4. The number of carbonyl (C=O) groups is 1. The summed E-state index contributed by atoms with van der Waals surface area (Å²) in [4.78, 5) is 13.9. The second-order valence-electron chi connectivity index (χ2n) is 5.49. The van der Waals surface area contributed by atoms with E-state index in [2.05, 4.69) is 0 Å². The first-order chi connectivity index (χ1) is 11.1. The van der Waals surface area contributed by atoms with Crippen molar-refractivity contribution in [2.75, 3.05) is 20.2 Å². The fourth-order valence-corrected chi connectivity index (χ4v) is 2.33. The number of likely N-dealkylation sites (N-methyl/N-ethyl adjacent to an activating group) is 1. The van der Waals surface area contributed by atoms with Crippen LogP contribution < -0.4 is 4.74 Å². The lowest BCUT2D eigenvalue weighted by Gasteiger charge is -2.17. The van der Waals surface area contributed by atoms with E-state index < -0.39 is 0 Å². The summed E-state index contributed by atoms with van der Waals surface area (Å²) in [5, 5.41) is 0.705. The Morgan fingerprint density at radius 3 is 2.43 bits per heavy atom. The molecule has 3 nitrogen and oxygen atoms in total. The lowest BCUT2D eigenvalue weighted by molar-refractivity contribution is -0.129. The first-order valence-corrected chi connectivity index (χ1v) is 8.19. The predicted molar refractivity (Wildman–Crippen MR) is 94.0 cm³/mol. The summed E-state index contributed by atoms with van der Waals surface area (Å²) in [7, 11) is 1.85. The van der Waals surface area contributed by atoms with E-state index in [1.807, 2.05) is 61.6 Å². The second kappa shape index (κ2) is 9.21.